The Morgan fingerprint density at radius 1 is 0.978 bits per heavy atom. The van der Waals surface area contributed by atoms with E-state index in [9.17, 15) is 14.4 Å². The van der Waals surface area contributed by atoms with Gasteiger partial charge in [-0.05, 0) is 70.4 Å². The number of nitrogens with zero attached hydrogens (tertiary/aromatic N) is 6. The zero-order valence-corrected chi connectivity index (χ0v) is 24.3. The van der Waals surface area contributed by atoms with E-state index in [1.165, 1.54) is 17.1 Å². The first kappa shape index (κ1) is 30.5. The van der Waals surface area contributed by atoms with E-state index >= 15 is 0 Å². The van der Waals surface area contributed by atoms with Crippen LogP contribution in [0.25, 0.3) is 22.9 Å². The predicted molar refractivity (Wildman–Crippen MR) is 166 cm³/mol. The summed E-state index contributed by atoms with van der Waals surface area (Å²) in [6.07, 6.45) is 5.77. The molecule has 1 unspecified atom stereocenters. The predicted octanol–water partition coefficient (Wildman–Crippen LogP) is 3.92. The molecule has 4 N–H and O–H groups in total. The van der Waals surface area contributed by atoms with Crippen molar-refractivity contribution in [1.82, 2.24) is 35.7 Å². The fourth-order valence-corrected chi connectivity index (χ4v) is 4.53. The summed E-state index contributed by atoms with van der Waals surface area (Å²) >= 11 is 6.22. The second kappa shape index (κ2) is 14.5. The first-order valence-electron chi connectivity index (χ1n) is 13.5. The number of ether oxygens (including phenoxy) is 1. The summed E-state index contributed by atoms with van der Waals surface area (Å²) < 4.78 is 6.20. The monoisotopic (exact) mass is 623 g/mol. The highest BCUT2D eigenvalue weighted by atomic mass is 35.5. The van der Waals surface area contributed by atoms with E-state index in [0.717, 1.165) is 16.7 Å². The third kappa shape index (κ3) is 8.55. The number of hydrogen-bond acceptors (Lipinski definition) is 9. The van der Waals surface area contributed by atoms with Gasteiger partial charge in [-0.2, -0.15) is 14.9 Å². The Hall–Kier alpha value is -5.95. The van der Waals surface area contributed by atoms with Crippen molar-refractivity contribution in [3.8, 4) is 16.8 Å². The quantitative estimate of drug-likeness (QED) is 0.184. The largest absolute Gasteiger partial charge is 0.439 e. The van der Waals surface area contributed by atoms with Crippen LogP contribution in [-0.4, -0.2) is 54.9 Å². The maximum atomic E-state index is 13.2. The lowest BCUT2D eigenvalue weighted by Gasteiger charge is -2.18. The van der Waals surface area contributed by atoms with E-state index in [2.05, 4.69) is 36.4 Å². The molecule has 3 aromatic carbocycles. The smallest absolute Gasteiger partial charge is 0.412 e. The molecule has 2 aromatic heterocycles. The highest BCUT2D eigenvalue weighted by Gasteiger charge is 2.18. The number of anilines is 1. The van der Waals surface area contributed by atoms with Crippen LogP contribution in [0.4, 0.5) is 10.5 Å². The van der Waals surface area contributed by atoms with E-state index in [1.54, 1.807) is 54.7 Å². The van der Waals surface area contributed by atoms with Crippen molar-refractivity contribution in [2.24, 2.45) is 5.73 Å². The fourth-order valence-electron chi connectivity index (χ4n) is 4.35. The van der Waals surface area contributed by atoms with Crippen molar-refractivity contribution >= 4 is 41.3 Å². The standard InChI is InChI=1S/C31H26ClN9O4/c32-24-9-12-28(41-19-35-39-40-41)22(15-24)8-13-30(43)37-26(14-20-4-2-1-3-5-20)27-16-23(17-34-38-27)21-6-10-25(11-7-21)36-31(44)45-18-29(33)42/h1-13,15-17,19,26H,14,18H2,(H2,33,42)(H,36,44)(H,37,43). The topological polar surface area (TPSA) is 180 Å². The van der Waals surface area contributed by atoms with Gasteiger partial charge in [0.05, 0.1) is 23.6 Å². The molecule has 0 aliphatic carbocycles. The van der Waals surface area contributed by atoms with Crippen LogP contribution >= 0.6 is 11.6 Å². The number of hydrogen-bond donors (Lipinski definition) is 3. The zero-order chi connectivity index (χ0) is 31.6. The van der Waals surface area contributed by atoms with Gasteiger partial charge in [-0.3, -0.25) is 14.9 Å². The Morgan fingerprint density at radius 2 is 1.78 bits per heavy atom. The molecule has 5 aromatic rings. The van der Waals surface area contributed by atoms with Crippen molar-refractivity contribution in [3.05, 3.63) is 119 Å². The number of rotatable bonds is 11. The van der Waals surface area contributed by atoms with Gasteiger partial charge in [0.15, 0.2) is 6.61 Å². The van der Waals surface area contributed by atoms with Crippen molar-refractivity contribution in [3.63, 3.8) is 0 Å². The number of halogens is 1. The maximum Gasteiger partial charge on any atom is 0.412 e. The molecule has 0 radical (unpaired) electrons. The molecular weight excluding hydrogens is 598 g/mol. The van der Waals surface area contributed by atoms with Gasteiger partial charge in [0.2, 0.25) is 5.91 Å². The molecule has 3 amide bonds. The molecule has 0 aliphatic heterocycles. The number of nitrogens with one attached hydrogen (secondary N) is 2. The molecule has 0 saturated heterocycles. The Labute approximate surface area is 262 Å². The minimum Gasteiger partial charge on any atom is -0.439 e. The lowest BCUT2D eigenvalue weighted by molar-refractivity contribution is -0.120. The summed E-state index contributed by atoms with van der Waals surface area (Å²) in [6.45, 7) is -0.520. The fraction of sp³-hybridized carbons (Fsp3) is 0.0968. The molecule has 0 aliphatic rings. The van der Waals surface area contributed by atoms with Crippen LogP contribution < -0.4 is 16.4 Å². The van der Waals surface area contributed by atoms with Gasteiger partial charge in [-0.1, -0.05) is 54.1 Å². The van der Waals surface area contributed by atoms with Gasteiger partial charge < -0.3 is 15.8 Å². The summed E-state index contributed by atoms with van der Waals surface area (Å²) in [7, 11) is 0. The van der Waals surface area contributed by atoms with Gasteiger partial charge >= 0.3 is 6.09 Å². The second-order valence-corrected chi connectivity index (χ2v) is 10.1. The molecule has 0 fully saturated rings. The number of amides is 3. The molecule has 45 heavy (non-hydrogen) atoms. The summed E-state index contributed by atoms with van der Waals surface area (Å²) in [5.74, 6) is -1.11. The van der Waals surface area contributed by atoms with E-state index in [1.807, 2.05) is 36.4 Å². The number of primary amides is 1. The molecule has 2 heterocycles. The van der Waals surface area contributed by atoms with E-state index in [0.29, 0.717) is 34.1 Å². The third-order valence-electron chi connectivity index (χ3n) is 6.44. The minimum absolute atomic E-state index is 0.357. The summed E-state index contributed by atoms with van der Waals surface area (Å²) in [4.78, 5) is 35.9. The highest BCUT2D eigenvalue weighted by molar-refractivity contribution is 6.30. The average molecular weight is 624 g/mol. The van der Waals surface area contributed by atoms with Crippen molar-refractivity contribution < 1.29 is 19.1 Å². The second-order valence-electron chi connectivity index (χ2n) is 9.66. The minimum atomic E-state index is -0.801. The van der Waals surface area contributed by atoms with E-state index in [-0.39, 0.29) is 5.91 Å². The van der Waals surface area contributed by atoms with Crippen LogP contribution in [0, 0.1) is 0 Å². The van der Waals surface area contributed by atoms with Crippen molar-refractivity contribution in [2.45, 2.75) is 12.5 Å². The highest BCUT2D eigenvalue weighted by Crippen LogP contribution is 2.25. The number of nitrogens with two attached hydrogens (primary N) is 1. The first-order chi connectivity index (χ1) is 21.8. The molecule has 1 atom stereocenters. The number of tetrazole rings is 1. The summed E-state index contributed by atoms with van der Waals surface area (Å²) in [5, 5.41) is 25.9. The van der Waals surface area contributed by atoms with Crippen LogP contribution in [0.1, 0.15) is 22.9 Å². The lowest BCUT2D eigenvalue weighted by atomic mass is 10.00. The Kier molecular flexibility index (Phi) is 9.82. The van der Waals surface area contributed by atoms with Gasteiger partial charge in [0.25, 0.3) is 5.91 Å². The number of carbonyl (C=O) groups is 3. The van der Waals surface area contributed by atoms with Crippen LogP contribution in [0.15, 0.2) is 97.5 Å². The molecule has 0 spiro atoms. The lowest BCUT2D eigenvalue weighted by Crippen LogP contribution is -2.29. The Bertz CT molecular complexity index is 1820. The van der Waals surface area contributed by atoms with E-state index in [4.69, 9.17) is 22.1 Å². The summed E-state index contributed by atoms with van der Waals surface area (Å²) in [5.41, 5.74) is 9.83. The van der Waals surface area contributed by atoms with Crippen LogP contribution in [0.3, 0.4) is 0 Å². The van der Waals surface area contributed by atoms with Gasteiger partial charge in [-0.15, -0.1) is 5.10 Å². The molecule has 0 saturated carbocycles. The number of aromatic nitrogens is 6. The normalized spacial score (nSPS) is 11.6. The Morgan fingerprint density at radius 3 is 2.51 bits per heavy atom. The van der Waals surface area contributed by atoms with E-state index < -0.39 is 24.6 Å². The molecule has 14 heteroatoms. The molecule has 226 valence electrons. The summed E-state index contributed by atoms with van der Waals surface area (Å²) in [6, 6.07) is 23.1. The molecule has 0 bridgehead atoms. The Balaban J connectivity index is 1.35. The maximum absolute atomic E-state index is 13.2. The van der Waals surface area contributed by atoms with Gasteiger partial charge in [0, 0.05) is 27.9 Å². The van der Waals surface area contributed by atoms with Crippen LogP contribution in [0.2, 0.25) is 5.02 Å². The van der Waals surface area contributed by atoms with Gasteiger partial charge in [-0.25, -0.2) is 4.79 Å². The number of benzene rings is 3. The zero-order valence-electron chi connectivity index (χ0n) is 23.6. The molecule has 5 rings (SSSR count). The molecular formula is C31H26ClN9O4. The average Bonchev–Trinajstić information content (AvgIpc) is 3.58. The van der Waals surface area contributed by atoms with Crippen LogP contribution in [-0.2, 0) is 20.7 Å². The van der Waals surface area contributed by atoms with Crippen molar-refractivity contribution in [1.29, 1.82) is 0 Å². The van der Waals surface area contributed by atoms with Crippen LogP contribution in [0.5, 0.6) is 0 Å². The number of carbonyl (C=O) groups excluding carboxylic acids is 3. The first-order valence-corrected chi connectivity index (χ1v) is 13.9. The van der Waals surface area contributed by atoms with Crippen molar-refractivity contribution in [2.75, 3.05) is 11.9 Å². The van der Waals surface area contributed by atoms with Gasteiger partial charge in [0.1, 0.15) is 6.33 Å². The third-order valence-corrected chi connectivity index (χ3v) is 6.67. The molecule has 13 nitrogen and oxygen atoms in total. The SMILES string of the molecule is NC(=O)COC(=O)Nc1ccc(-c2cnnc(C(Cc3ccccc3)NC(=O)C=Cc3cc(Cl)ccc3-n3cnnn3)c2)cc1.